The van der Waals surface area contributed by atoms with Gasteiger partial charge in [-0.05, 0) is 56.9 Å². The highest BCUT2D eigenvalue weighted by Crippen LogP contribution is 2.41. The maximum absolute atomic E-state index is 4.27. The summed E-state index contributed by atoms with van der Waals surface area (Å²) in [4.78, 5) is 1.01. The van der Waals surface area contributed by atoms with Gasteiger partial charge in [-0.3, -0.25) is 0 Å². The van der Waals surface area contributed by atoms with Gasteiger partial charge in [0.25, 0.3) is 0 Å². The highest BCUT2D eigenvalue weighted by atomic mass is 32.1. The molecule has 1 nitrogen and oxygen atoms in total. The summed E-state index contributed by atoms with van der Waals surface area (Å²) < 4.78 is 0. The van der Waals surface area contributed by atoms with Crippen LogP contribution in [-0.2, 0) is 0 Å². The molecule has 0 radical (unpaired) electrons. The molecule has 0 aliphatic heterocycles. The zero-order valence-electron chi connectivity index (χ0n) is 8.75. The molecule has 1 fully saturated rings. The summed E-state index contributed by atoms with van der Waals surface area (Å²) in [6.07, 6.45) is 2.73. The van der Waals surface area contributed by atoms with Crippen LogP contribution >= 0.6 is 12.6 Å². The molecule has 14 heavy (non-hydrogen) atoms. The monoisotopic (exact) mass is 207 g/mol. The molecule has 1 aliphatic rings. The predicted molar refractivity (Wildman–Crippen MR) is 64.1 cm³/mol. The second-order valence-electron chi connectivity index (χ2n) is 4.67. The van der Waals surface area contributed by atoms with Gasteiger partial charge in [0.1, 0.15) is 0 Å². The molecule has 0 aromatic heterocycles. The number of nitrogens with one attached hydrogen (secondary N) is 1. The number of hydrogen-bond acceptors (Lipinski definition) is 2. The van der Waals surface area contributed by atoms with Crippen LogP contribution in [0.15, 0.2) is 29.2 Å². The normalized spacial score (nSPS) is 16.8. The van der Waals surface area contributed by atoms with Gasteiger partial charge in [0, 0.05) is 16.1 Å². The van der Waals surface area contributed by atoms with Crippen molar-refractivity contribution >= 4 is 18.3 Å². The van der Waals surface area contributed by atoms with Crippen LogP contribution < -0.4 is 5.32 Å². The fraction of sp³-hybridized carbons (Fsp3) is 0.500. The van der Waals surface area contributed by atoms with Gasteiger partial charge in [-0.15, -0.1) is 12.6 Å². The van der Waals surface area contributed by atoms with E-state index in [4.69, 9.17) is 0 Å². The molecule has 0 amide bonds. The molecule has 1 aromatic carbocycles. The standard InChI is InChI=1S/C12H17NS/c1-12(2,9-3-4-9)13-10-5-7-11(14)8-6-10/h5-9,13-14H,3-4H2,1-2H3. The van der Waals surface area contributed by atoms with Gasteiger partial charge in [-0.1, -0.05) is 0 Å². The van der Waals surface area contributed by atoms with Crippen molar-refractivity contribution in [2.45, 2.75) is 37.1 Å². The predicted octanol–water partition coefficient (Wildman–Crippen LogP) is 3.58. The maximum atomic E-state index is 4.27. The van der Waals surface area contributed by atoms with Gasteiger partial charge in [0.15, 0.2) is 0 Å². The van der Waals surface area contributed by atoms with Crippen molar-refractivity contribution in [3.8, 4) is 0 Å². The Morgan fingerprint density at radius 2 is 1.79 bits per heavy atom. The van der Waals surface area contributed by atoms with E-state index >= 15 is 0 Å². The molecule has 1 aliphatic carbocycles. The van der Waals surface area contributed by atoms with Gasteiger partial charge in [-0.2, -0.15) is 0 Å². The van der Waals surface area contributed by atoms with Gasteiger partial charge >= 0.3 is 0 Å². The van der Waals surface area contributed by atoms with Crippen molar-refractivity contribution in [1.29, 1.82) is 0 Å². The van der Waals surface area contributed by atoms with E-state index in [1.54, 1.807) is 0 Å². The molecule has 2 heteroatoms. The van der Waals surface area contributed by atoms with Gasteiger partial charge in [0.05, 0.1) is 0 Å². The molecule has 0 unspecified atom stereocenters. The van der Waals surface area contributed by atoms with Crippen LogP contribution in [0.5, 0.6) is 0 Å². The van der Waals surface area contributed by atoms with Crippen molar-refractivity contribution in [2.24, 2.45) is 5.92 Å². The Hall–Kier alpha value is -0.630. The zero-order valence-corrected chi connectivity index (χ0v) is 9.64. The minimum absolute atomic E-state index is 0.234. The van der Waals surface area contributed by atoms with E-state index < -0.39 is 0 Å². The summed E-state index contributed by atoms with van der Waals surface area (Å²) >= 11 is 4.27. The molecule has 1 aromatic rings. The summed E-state index contributed by atoms with van der Waals surface area (Å²) in [6.45, 7) is 4.55. The summed E-state index contributed by atoms with van der Waals surface area (Å²) in [5.41, 5.74) is 1.43. The maximum Gasteiger partial charge on any atom is 0.0345 e. The number of thiol groups is 1. The third-order valence-electron chi connectivity index (χ3n) is 2.93. The van der Waals surface area contributed by atoms with Crippen molar-refractivity contribution < 1.29 is 0 Å². The number of rotatable bonds is 3. The summed E-state index contributed by atoms with van der Waals surface area (Å²) in [7, 11) is 0. The van der Waals surface area contributed by atoms with E-state index in [0.717, 1.165) is 10.8 Å². The van der Waals surface area contributed by atoms with Gasteiger partial charge in [-0.25, -0.2) is 0 Å². The molecule has 2 rings (SSSR count). The van der Waals surface area contributed by atoms with E-state index in [-0.39, 0.29) is 5.54 Å². The Kier molecular flexibility index (Phi) is 2.48. The largest absolute Gasteiger partial charge is 0.380 e. The Morgan fingerprint density at radius 3 is 2.29 bits per heavy atom. The molecule has 0 spiro atoms. The first kappa shape index (κ1) is 9.91. The summed E-state index contributed by atoms with van der Waals surface area (Å²) in [6, 6.07) is 8.22. The van der Waals surface area contributed by atoms with Crippen LogP contribution in [0, 0.1) is 5.92 Å². The average Bonchev–Trinajstić information content (AvgIpc) is 2.91. The smallest absolute Gasteiger partial charge is 0.0345 e. The highest BCUT2D eigenvalue weighted by molar-refractivity contribution is 7.80. The van der Waals surface area contributed by atoms with E-state index in [9.17, 15) is 0 Å². The minimum atomic E-state index is 0.234. The Balaban J connectivity index is 2.06. The average molecular weight is 207 g/mol. The first-order valence-corrected chi connectivity index (χ1v) is 5.60. The van der Waals surface area contributed by atoms with Crippen LogP contribution in [0.2, 0.25) is 0 Å². The minimum Gasteiger partial charge on any atom is -0.380 e. The van der Waals surface area contributed by atoms with Crippen molar-refractivity contribution in [3.05, 3.63) is 24.3 Å². The van der Waals surface area contributed by atoms with E-state index in [2.05, 4.69) is 43.9 Å². The molecular formula is C12H17NS. The van der Waals surface area contributed by atoms with Crippen molar-refractivity contribution in [2.75, 3.05) is 5.32 Å². The van der Waals surface area contributed by atoms with Crippen LogP contribution in [-0.4, -0.2) is 5.54 Å². The lowest BCUT2D eigenvalue weighted by molar-refractivity contribution is 0.494. The fourth-order valence-electron chi connectivity index (χ4n) is 1.82. The van der Waals surface area contributed by atoms with E-state index in [1.807, 2.05) is 12.1 Å². The van der Waals surface area contributed by atoms with Crippen LogP contribution in [0.4, 0.5) is 5.69 Å². The number of anilines is 1. The molecule has 0 bridgehead atoms. The quantitative estimate of drug-likeness (QED) is 0.722. The SMILES string of the molecule is CC(C)(Nc1ccc(S)cc1)C1CC1. The first-order valence-electron chi connectivity index (χ1n) is 5.15. The molecule has 0 heterocycles. The third kappa shape index (κ3) is 2.24. The second kappa shape index (κ2) is 3.50. The second-order valence-corrected chi connectivity index (χ2v) is 5.18. The van der Waals surface area contributed by atoms with Crippen molar-refractivity contribution in [1.82, 2.24) is 0 Å². The third-order valence-corrected chi connectivity index (χ3v) is 3.23. The first-order chi connectivity index (χ1) is 6.58. The Bertz CT molecular complexity index is 312. The molecule has 1 saturated carbocycles. The summed E-state index contributed by atoms with van der Waals surface area (Å²) in [5, 5.41) is 3.57. The molecule has 76 valence electrons. The molecule has 0 saturated heterocycles. The zero-order chi connectivity index (χ0) is 10.2. The number of hydrogen-bond donors (Lipinski definition) is 2. The lowest BCUT2D eigenvalue weighted by Gasteiger charge is -2.27. The Labute approximate surface area is 91.3 Å². The topological polar surface area (TPSA) is 12.0 Å². The van der Waals surface area contributed by atoms with Crippen LogP contribution in [0.25, 0.3) is 0 Å². The van der Waals surface area contributed by atoms with Crippen LogP contribution in [0.3, 0.4) is 0 Å². The van der Waals surface area contributed by atoms with E-state index in [1.165, 1.54) is 18.5 Å². The lowest BCUT2D eigenvalue weighted by atomic mass is 9.98. The number of benzene rings is 1. The molecule has 0 atom stereocenters. The molecule has 1 N–H and O–H groups in total. The van der Waals surface area contributed by atoms with Crippen molar-refractivity contribution in [3.63, 3.8) is 0 Å². The Morgan fingerprint density at radius 1 is 1.21 bits per heavy atom. The highest BCUT2D eigenvalue weighted by Gasteiger charge is 2.37. The lowest BCUT2D eigenvalue weighted by Crippen LogP contribution is -2.33. The van der Waals surface area contributed by atoms with E-state index in [0.29, 0.717) is 0 Å². The molecular weight excluding hydrogens is 190 g/mol. The van der Waals surface area contributed by atoms with Gasteiger partial charge < -0.3 is 5.32 Å². The summed E-state index contributed by atoms with van der Waals surface area (Å²) in [5.74, 6) is 0.846. The fourth-order valence-corrected chi connectivity index (χ4v) is 1.97. The van der Waals surface area contributed by atoms with Gasteiger partial charge in [0.2, 0.25) is 0 Å². The van der Waals surface area contributed by atoms with Crippen LogP contribution in [0.1, 0.15) is 26.7 Å².